The highest BCUT2D eigenvalue weighted by Gasteiger charge is 2.19. The molecule has 0 radical (unpaired) electrons. The predicted molar refractivity (Wildman–Crippen MR) is 121 cm³/mol. The summed E-state index contributed by atoms with van der Waals surface area (Å²) in [5, 5.41) is 0. The van der Waals surface area contributed by atoms with Crippen molar-refractivity contribution in [2.45, 2.75) is 111 Å². The fraction of sp³-hybridized carbons (Fsp3) is 0.731. The van der Waals surface area contributed by atoms with Crippen molar-refractivity contribution in [2.75, 3.05) is 0 Å². The topological polar surface area (TPSA) is 26.3 Å². The maximum absolute atomic E-state index is 12.6. The lowest BCUT2D eigenvalue weighted by molar-refractivity contribution is 0.0226. The van der Waals surface area contributed by atoms with E-state index in [0.29, 0.717) is 5.56 Å². The Bertz CT molecular complexity index is 476. The summed E-state index contributed by atoms with van der Waals surface area (Å²) in [7, 11) is 0. The molecule has 0 saturated carbocycles. The molecule has 0 unspecified atom stereocenters. The number of carbonyl (C=O) groups is 1. The van der Waals surface area contributed by atoms with Gasteiger partial charge in [-0.1, -0.05) is 97.3 Å². The van der Waals surface area contributed by atoms with Gasteiger partial charge in [0.05, 0.1) is 5.56 Å². The molecule has 0 saturated heterocycles. The maximum atomic E-state index is 12.6. The van der Waals surface area contributed by atoms with Crippen LogP contribution in [0.25, 0.3) is 0 Å². The lowest BCUT2D eigenvalue weighted by Gasteiger charge is -2.23. The van der Waals surface area contributed by atoms with E-state index in [1.54, 1.807) is 0 Å². The Morgan fingerprint density at radius 1 is 0.750 bits per heavy atom. The van der Waals surface area contributed by atoms with Gasteiger partial charge in [0, 0.05) is 0 Å². The monoisotopic (exact) mass is 388 g/mol. The highest BCUT2D eigenvalue weighted by atomic mass is 16.5. The first kappa shape index (κ1) is 24.7. The molecule has 1 aromatic rings. The standard InChI is InChI=1S/C26H44O2/c1-5-9-14-22(7-3)18-20-25(21-19-23(8-4)15-10-6-2)28-26(27)24-16-12-11-13-17-24/h11-13,16-17,22-23,25H,5-10,14-15,18-21H2,1-4H3/t22-,23-/m0/s1. The molecule has 0 aliphatic heterocycles. The Morgan fingerprint density at radius 2 is 1.25 bits per heavy atom. The van der Waals surface area contributed by atoms with Crippen molar-refractivity contribution in [3.05, 3.63) is 35.9 Å². The zero-order chi connectivity index (χ0) is 20.6. The number of esters is 1. The average molecular weight is 389 g/mol. The molecule has 2 nitrogen and oxygen atoms in total. The summed E-state index contributed by atoms with van der Waals surface area (Å²) in [5.74, 6) is 1.37. The van der Waals surface area contributed by atoms with Gasteiger partial charge < -0.3 is 4.74 Å². The second-order valence-electron chi connectivity index (χ2n) is 8.38. The van der Waals surface area contributed by atoms with Gasteiger partial charge in [-0.25, -0.2) is 4.79 Å². The van der Waals surface area contributed by atoms with Crippen molar-refractivity contribution in [3.63, 3.8) is 0 Å². The third kappa shape index (κ3) is 10.3. The van der Waals surface area contributed by atoms with Gasteiger partial charge in [-0.05, 0) is 49.7 Å². The normalized spacial score (nSPS) is 13.5. The molecule has 1 aromatic carbocycles. The molecule has 0 aliphatic rings. The molecular weight excluding hydrogens is 344 g/mol. The minimum Gasteiger partial charge on any atom is -0.459 e. The van der Waals surface area contributed by atoms with Crippen LogP contribution in [0.4, 0.5) is 0 Å². The van der Waals surface area contributed by atoms with E-state index < -0.39 is 0 Å². The Labute approximate surface area is 174 Å². The Morgan fingerprint density at radius 3 is 1.68 bits per heavy atom. The smallest absolute Gasteiger partial charge is 0.338 e. The summed E-state index contributed by atoms with van der Waals surface area (Å²) in [4.78, 5) is 12.6. The van der Waals surface area contributed by atoms with Gasteiger partial charge >= 0.3 is 5.97 Å². The number of ether oxygens (including phenoxy) is 1. The third-order valence-electron chi connectivity index (χ3n) is 6.16. The van der Waals surface area contributed by atoms with E-state index in [-0.39, 0.29) is 12.1 Å². The van der Waals surface area contributed by atoms with Crippen LogP contribution in [0.3, 0.4) is 0 Å². The van der Waals surface area contributed by atoms with Crippen LogP contribution < -0.4 is 0 Å². The minimum absolute atomic E-state index is 0.0547. The SMILES string of the molecule is CCCC[C@H](CC)CCC(CC[C@@H](CC)CCCC)OC(=O)c1ccccc1. The number of carbonyl (C=O) groups excluding carboxylic acids is 1. The second kappa shape index (κ2) is 15.6. The van der Waals surface area contributed by atoms with E-state index in [1.165, 1.54) is 64.2 Å². The van der Waals surface area contributed by atoms with Crippen LogP contribution in [0, 0.1) is 11.8 Å². The molecule has 2 atom stereocenters. The van der Waals surface area contributed by atoms with Crippen LogP contribution in [0.1, 0.15) is 115 Å². The Hall–Kier alpha value is -1.31. The Balaban J connectivity index is 2.65. The molecule has 1 rings (SSSR count). The van der Waals surface area contributed by atoms with Crippen molar-refractivity contribution in [1.29, 1.82) is 0 Å². The first-order chi connectivity index (χ1) is 13.6. The molecule has 28 heavy (non-hydrogen) atoms. The van der Waals surface area contributed by atoms with Crippen molar-refractivity contribution in [3.8, 4) is 0 Å². The fourth-order valence-corrected chi connectivity index (χ4v) is 3.99. The van der Waals surface area contributed by atoms with E-state index in [9.17, 15) is 4.79 Å². The molecule has 2 heteroatoms. The fourth-order valence-electron chi connectivity index (χ4n) is 3.99. The molecule has 0 bridgehead atoms. The second-order valence-corrected chi connectivity index (χ2v) is 8.38. The van der Waals surface area contributed by atoms with E-state index in [2.05, 4.69) is 27.7 Å². The van der Waals surface area contributed by atoms with Crippen LogP contribution in [-0.4, -0.2) is 12.1 Å². The van der Waals surface area contributed by atoms with Crippen molar-refractivity contribution in [1.82, 2.24) is 0 Å². The first-order valence-corrected chi connectivity index (χ1v) is 11.9. The zero-order valence-corrected chi connectivity index (χ0v) is 18.9. The van der Waals surface area contributed by atoms with E-state index >= 15 is 0 Å². The number of rotatable bonds is 16. The number of benzene rings is 1. The van der Waals surface area contributed by atoms with Gasteiger partial charge in [0.25, 0.3) is 0 Å². The summed E-state index contributed by atoms with van der Waals surface area (Å²) >= 11 is 0. The minimum atomic E-state index is -0.159. The summed E-state index contributed by atoms with van der Waals surface area (Å²) in [6, 6.07) is 9.45. The first-order valence-electron chi connectivity index (χ1n) is 11.9. The predicted octanol–water partition coefficient (Wildman–Crippen LogP) is 8.21. The van der Waals surface area contributed by atoms with Gasteiger partial charge in [0.15, 0.2) is 0 Å². The molecule has 0 aliphatic carbocycles. The van der Waals surface area contributed by atoms with Crippen LogP contribution in [0.2, 0.25) is 0 Å². The van der Waals surface area contributed by atoms with Gasteiger partial charge in [0.2, 0.25) is 0 Å². The van der Waals surface area contributed by atoms with Gasteiger partial charge in [-0.3, -0.25) is 0 Å². The van der Waals surface area contributed by atoms with Crippen LogP contribution in [0.5, 0.6) is 0 Å². The lowest BCUT2D eigenvalue weighted by Crippen LogP contribution is -2.21. The highest BCUT2D eigenvalue weighted by molar-refractivity contribution is 5.89. The van der Waals surface area contributed by atoms with Crippen molar-refractivity contribution < 1.29 is 9.53 Å². The largest absolute Gasteiger partial charge is 0.459 e. The molecular formula is C26H44O2. The lowest BCUT2D eigenvalue weighted by atomic mass is 9.89. The van der Waals surface area contributed by atoms with E-state index in [1.807, 2.05) is 30.3 Å². The van der Waals surface area contributed by atoms with Gasteiger partial charge in [-0.2, -0.15) is 0 Å². The third-order valence-corrected chi connectivity index (χ3v) is 6.16. The highest BCUT2D eigenvalue weighted by Crippen LogP contribution is 2.25. The van der Waals surface area contributed by atoms with Crippen molar-refractivity contribution in [2.24, 2.45) is 11.8 Å². The van der Waals surface area contributed by atoms with Crippen LogP contribution in [-0.2, 0) is 4.74 Å². The number of hydrogen-bond acceptors (Lipinski definition) is 2. The summed E-state index contributed by atoms with van der Waals surface area (Å²) < 4.78 is 6.00. The molecule has 0 heterocycles. The number of unbranched alkanes of at least 4 members (excludes halogenated alkanes) is 2. The summed E-state index contributed by atoms with van der Waals surface area (Å²) in [5.41, 5.74) is 0.670. The molecule has 0 fully saturated rings. The van der Waals surface area contributed by atoms with E-state index in [0.717, 1.165) is 24.7 Å². The van der Waals surface area contributed by atoms with Crippen molar-refractivity contribution >= 4 is 5.97 Å². The van der Waals surface area contributed by atoms with Crippen LogP contribution >= 0.6 is 0 Å². The molecule has 0 amide bonds. The van der Waals surface area contributed by atoms with Crippen LogP contribution in [0.15, 0.2) is 30.3 Å². The quantitative estimate of drug-likeness (QED) is 0.267. The van der Waals surface area contributed by atoms with E-state index in [4.69, 9.17) is 4.74 Å². The molecule has 0 N–H and O–H groups in total. The maximum Gasteiger partial charge on any atom is 0.338 e. The molecule has 160 valence electrons. The Kier molecular flexibility index (Phi) is 13.8. The zero-order valence-electron chi connectivity index (χ0n) is 18.9. The average Bonchev–Trinajstić information content (AvgIpc) is 2.74. The molecule has 0 spiro atoms. The van der Waals surface area contributed by atoms with Gasteiger partial charge in [-0.15, -0.1) is 0 Å². The van der Waals surface area contributed by atoms with Gasteiger partial charge in [0.1, 0.15) is 6.10 Å². The number of hydrogen-bond donors (Lipinski definition) is 0. The molecule has 0 aromatic heterocycles. The summed E-state index contributed by atoms with van der Waals surface area (Å²) in [6.45, 7) is 9.11. The summed E-state index contributed by atoms with van der Waals surface area (Å²) in [6.07, 6.45) is 14.6.